The van der Waals surface area contributed by atoms with Gasteiger partial charge in [0.2, 0.25) is 0 Å². The van der Waals surface area contributed by atoms with E-state index in [4.69, 9.17) is 4.74 Å². The predicted octanol–water partition coefficient (Wildman–Crippen LogP) is 0.508. The normalized spacial score (nSPS) is 10.5. The van der Waals surface area contributed by atoms with Crippen LogP contribution >= 0.6 is 0 Å². The monoisotopic (exact) mass is 233 g/mol. The molecule has 17 heavy (non-hydrogen) atoms. The van der Waals surface area contributed by atoms with Gasteiger partial charge in [0.05, 0.1) is 11.9 Å². The molecule has 0 atom stereocenters. The van der Waals surface area contributed by atoms with E-state index >= 15 is 0 Å². The molecule has 0 unspecified atom stereocenters. The van der Waals surface area contributed by atoms with Crippen LogP contribution in [0.15, 0.2) is 24.7 Å². The van der Waals surface area contributed by atoms with Crippen LogP contribution in [0.4, 0.5) is 0 Å². The molecule has 2 aromatic rings. The number of hydrogen-bond donors (Lipinski definition) is 1. The molecule has 6 nitrogen and oxygen atoms in total. The van der Waals surface area contributed by atoms with Crippen molar-refractivity contribution in [3.63, 3.8) is 0 Å². The van der Waals surface area contributed by atoms with Crippen molar-refractivity contribution < 1.29 is 4.74 Å². The summed E-state index contributed by atoms with van der Waals surface area (Å²) < 4.78 is 7.24. The van der Waals surface area contributed by atoms with Gasteiger partial charge in [0.15, 0.2) is 5.82 Å². The first kappa shape index (κ1) is 11.5. The van der Waals surface area contributed by atoms with Gasteiger partial charge in [0.1, 0.15) is 18.7 Å². The third kappa shape index (κ3) is 3.01. The Labute approximate surface area is 99.7 Å². The van der Waals surface area contributed by atoms with Crippen molar-refractivity contribution in [2.75, 3.05) is 7.05 Å². The molecule has 0 radical (unpaired) electrons. The molecule has 0 fully saturated rings. The van der Waals surface area contributed by atoms with Crippen molar-refractivity contribution in [3.05, 3.63) is 36.2 Å². The van der Waals surface area contributed by atoms with Crippen LogP contribution in [0.25, 0.3) is 0 Å². The molecule has 0 saturated carbocycles. The number of nitrogens with zero attached hydrogens (tertiary/aromatic N) is 4. The zero-order valence-electron chi connectivity index (χ0n) is 9.92. The molecular weight excluding hydrogens is 218 g/mol. The van der Waals surface area contributed by atoms with E-state index in [-0.39, 0.29) is 0 Å². The highest BCUT2D eigenvalue weighted by Crippen LogP contribution is 2.10. The largest absolute Gasteiger partial charge is 0.484 e. The summed E-state index contributed by atoms with van der Waals surface area (Å²) in [5.74, 6) is 1.51. The summed E-state index contributed by atoms with van der Waals surface area (Å²) in [5, 5.41) is 7.01. The number of pyridine rings is 1. The average molecular weight is 233 g/mol. The Morgan fingerprint density at radius 1 is 1.35 bits per heavy atom. The molecule has 0 saturated heterocycles. The van der Waals surface area contributed by atoms with Crippen molar-refractivity contribution in [3.8, 4) is 5.75 Å². The first-order valence-electron chi connectivity index (χ1n) is 5.35. The van der Waals surface area contributed by atoms with Gasteiger partial charge in [-0.25, -0.2) is 4.98 Å². The van der Waals surface area contributed by atoms with Gasteiger partial charge in [-0.15, -0.1) is 0 Å². The summed E-state index contributed by atoms with van der Waals surface area (Å²) in [4.78, 5) is 8.33. The van der Waals surface area contributed by atoms with Crippen molar-refractivity contribution in [1.82, 2.24) is 25.1 Å². The van der Waals surface area contributed by atoms with Gasteiger partial charge < -0.3 is 10.1 Å². The van der Waals surface area contributed by atoms with E-state index in [0.29, 0.717) is 6.61 Å². The van der Waals surface area contributed by atoms with Gasteiger partial charge in [-0.2, -0.15) is 5.10 Å². The molecule has 2 heterocycles. The number of hydrogen-bond acceptors (Lipinski definition) is 5. The van der Waals surface area contributed by atoms with Crippen LogP contribution < -0.4 is 10.1 Å². The van der Waals surface area contributed by atoms with Crippen LogP contribution in [0.2, 0.25) is 0 Å². The minimum atomic E-state index is 0.392. The smallest absolute Gasteiger partial charge is 0.164 e. The number of aromatic nitrogens is 4. The second kappa shape index (κ2) is 5.40. The van der Waals surface area contributed by atoms with Crippen LogP contribution in [0.1, 0.15) is 11.5 Å². The lowest BCUT2D eigenvalue weighted by atomic mass is 10.3. The Hall–Kier alpha value is -1.95. The molecular formula is C11H15N5O. The topological polar surface area (TPSA) is 64.9 Å². The molecule has 90 valence electrons. The zero-order valence-corrected chi connectivity index (χ0v) is 9.92. The molecule has 0 spiro atoms. The van der Waals surface area contributed by atoms with Crippen LogP contribution in [-0.2, 0) is 20.2 Å². The van der Waals surface area contributed by atoms with E-state index in [1.54, 1.807) is 10.9 Å². The summed E-state index contributed by atoms with van der Waals surface area (Å²) in [6.45, 7) is 1.15. The second-order valence-electron chi connectivity index (χ2n) is 3.60. The molecule has 0 bridgehead atoms. The molecule has 0 aliphatic carbocycles. The molecule has 0 aromatic carbocycles. The lowest BCUT2D eigenvalue weighted by molar-refractivity contribution is 0.288. The maximum Gasteiger partial charge on any atom is 0.164 e. The van der Waals surface area contributed by atoms with E-state index in [1.807, 2.05) is 26.2 Å². The zero-order chi connectivity index (χ0) is 12.1. The highest BCUT2D eigenvalue weighted by Gasteiger charge is 2.02. The number of rotatable bonds is 5. The number of aryl methyl sites for hydroxylation is 1. The average Bonchev–Trinajstić information content (AvgIpc) is 2.75. The summed E-state index contributed by atoms with van der Waals surface area (Å²) >= 11 is 0. The molecule has 6 heteroatoms. The Morgan fingerprint density at radius 3 is 2.82 bits per heavy atom. The summed E-state index contributed by atoms with van der Waals surface area (Å²) in [6.07, 6.45) is 3.22. The lowest BCUT2D eigenvalue weighted by Crippen LogP contribution is -2.07. The fourth-order valence-electron chi connectivity index (χ4n) is 1.38. The summed E-state index contributed by atoms with van der Waals surface area (Å²) in [7, 11) is 3.72. The predicted molar refractivity (Wildman–Crippen MR) is 62.3 cm³/mol. The number of ether oxygens (including phenoxy) is 1. The first-order valence-corrected chi connectivity index (χ1v) is 5.35. The van der Waals surface area contributed by atoms with E-state index < -0.39 is 0 Å². The minimum absolute atomic E-state index is 0.392. The van der Waals surface area contributed by atoms with Crippen LogP contribution in [0.3, 0.4) is 0 Å². The highest BCUT2D eigenvalue weighted by molar-refractivity contribution is 5.19. The Kier molecular flexibility index (Phi) is 3.66. The van der Waals surface area contributed by atoms with Gasteiger partial charge in [0.25, 0.3) is 0 Å². The first-order chi connectivity index (χ1) is 8.29. The maximum absolute atomic E-state index is 5.56. The molecule has 1 N–H and O–H groups in total. The van der Waals surface area contributed by atoms with Crippen molar-refractivity contribution in [2.24, 2.45) is 7.05 Å². The third-order valence-electron chi connectivity index (χ3n) is 2.33. The van der Waals surface area contributed by atoms with Crippen LogP contribution in [-0.4, -0.2) is 26.8 Å². The van der Waals surface area contributed by atoms with Gasteiger partial charge in [-0.1, -0.05) is 0 Å². The fraction of sp³-hybridized carbons (Fsp3) is 0.364. The quantitative estimate of drug-likeness (QED) is 0.815. The van der Waals surface area contributed by atoms with Gasteiger partial charge >= 0.3 is 0 Å². The Balaban J connectivity index is 1.93. The van der Waals surface area contributed by atoms with E-state index in [9.17, 15) is 0 Å². The minimum Gasteiger partial charge on any atom is -0.484 e. The molecule has 2 rings (SSSR count). The van der Waals surface area contributed by atoms with Gasteiger partial charge in [-0.05, 0) is 19.2 Å². The Morgan fingerprint density at radius 2 is 2.24 bits per heavy atom. The molecule has 0 aliphatic rings. The molecule has 2 aromatic heterocycles. The van der Waals surface area contributed by atoms with Crippen molar-refractivity contribution in [1.29, 1.82) is 0 Å². The summed E-state index contributed by atoms with van der Waals surface area (Å²) in [6, 6.07) is 3.83. The second-order valence-corrected chi connectivity index (χ2v) is 3.60. The summed E-state index contributed by atoms with van der Waals surface area (Å²) in [5.41, 5.74) is 0.985. The van der Waals surface area contributed by atoms with Crippen LogP contribution in [0, 0.1) is 0 Å². The van der Waals surface area contributed by atoms with Crippen molar-refractivity contribution >= 4 is 0 Å². The van der Waals surface area contributed by atoms with E-state index in [1.165, 1.54) is 6.33 Å². The van der Waals surface area contributed by atoms with Gasteiger partial charge in [-0.3, -0.25) is 9.67 Å². The van der Waals surface area contributed by atoms with E-state index in [2.05, 4.69) is 20.4 Å². The fourth-order valence-corrected chi connectivity index (χ4v) is 1.38. The standard InChI is InChI=1S/C11H15N5O/c1-12-5-9-3-4-10(6-13-9)17-7-11-14-8-15-16(11)2/h3-4,6,8,12H,5,7H2,1-2H3. The van der Waals surface area contributed by atoms with Crippen molar-refractivity contribution in [2.45, 2.75) is 13.2 Å². The Bertz CT molecular complexity index is 465. The third-order valence-corrected chi connectivity index (χ3v) is 2.33. The van der Waals surface area contributed by atoms with Gasteiger partial charge in [0, 0.05) is 13.6 Å². The lowest BCUT2D eigenvalue weighted by Gasteiger charge is -2.05. The SMILES string of the molecule is CNCc1ccc(OCc2ncnn2C)cn1. The maximum atomic E-state index is 5.56. The highest BCUT2D eigenvalue weighted by atomic mass is 16.5. The molecule has 0 aliphatic heterocycles. The van der Waals surface area contributed by atoms with E-state index in [0.717, 1.165) is 23.8 Å². The van der Waals surface area contributed by atoms with Crippen LogP contribution in [0.5, 0.6) is 5.75 Å². The molecule has 0 amide bonds. The number of nitrogens with one attached hydrogen (secondary N) is 1.